The van der Waals surface area contributed by atoms with Crippen molar-refractivity contribution in [1.82, 2.24) is 10.2 Å². The van der Waals surface area contributed by atoms with Crippen molar-refractivity contribution in [3.8, 4) is 11.1 Å². The number of carbonyl (C=O) groups excluding carboxylic acids is 2. The lowest BCUT2D eigenvalue weighted by Gasteiger charge is -2.26. The molecule has 0 saturated carbocycles. The molecule has 2 aliphatic rings. The van der Waals surface area contributed by atoms with E-state index in [9.17, 15) is 19.5 Å². The van der Waals surface area contributed by atoms with Gasteiger partial charge in [-0.25, -0.2) is 4.79 Å². The van der Waals surface area contributed by atoms with Crippen molar-refractivity contribution in [1.29, 1.82) is 0 Å². The van der Waals surface area contributed by atoms with Crippen molar-refractivity contribution >= 4 is 18.0 Å². The number of nitrogens with one attached hydrogen (secondary N) is 1. The SMILES string of the molecule is CCCC1(C(=O)O)CCN(C(=O)C(CNC(=O)OCC2c3ccccc3-c3ccccc32)OC)C1. The van der Waals surface area contributed by atoms with Crippen LogP contribution in [0.5, 0.6) is 0 Å². The Morgan fingerprint density at radius 2 is 1.74 bits per heavy atom. The van der Waals surface area contributed by atoms with Crippen LogP contribution < -0.4 is 5.32 Å². The predicted molar refractivity (Wildman–Crippen MR) is 130 cm³/mol. The lowest BCUT2D eigenvalue weighted by atomic mass is 9.83. The highest BCUT2D eigenvalue weighted by Gasteiger charge is 2.46. The number of rotatable bonds is 9. The summed E-state index contributed by atoms with van der Waals surface area (Å²) in [4.78, 5) is 38.8. The Balaban J connectivity index is 1.32. The second kappa shape index (κ2) is 10.5. The number of ether oxygens (including phenoxy) is 2. The van der Waals surface area contributed by atoms with Gasteiger partial charge in [0.2, 0.25) is 0 Å². The first kappa shape index (κ1) is 24.7. The van der Waals surface area contributed by atoms with Crippen LogP contribution in [0.3, 0.4) is 0 Å². The van der Waals surface area contributed by atoms with E-state index < -0.39 is 23.6 Å². The van der Waals surface area contributed by atoms with E-state index in [-0.39, 0.29) is 31.5 Å². The van der Waals surface area contributed by atoms with Crippen LogP contribution in [0, 0.1) is 5.41 Å². The number of methoxy groups -OCH3 is 1. The molecule has 1 saturated heterocycles. The molecule has 186 valence electrons. The Morgan fingerprint density at radius 3 is 2.31 bits per heavy atom. The molecule has 2 unspecified atom stereocenters. The highest BCUT2D eigenvalue weighted by atomic mass is 16.5. The number of hydrogen-bond acceptors (Lipinski definition) is 5. The third-order valence-corrected chi connectivity index (χ3v) is 7.18. The standard InChI is InChI=1S/C27H32N2O6/c1-3-12-27(25(31)32)13-14-29(17-27)24(30)23(34-2)15-28-26(33)35-16-22-20-10-6-4-8-18(20)19-9-5-7-11-21(19)22/h4-11,22-23H,3,12-17H2,1-2H3,(H,28,33)(H,31,32). The molecule has 2 atom stereocenters. The van der Waals surface area contributed by atoms with Crippen molar-refractivity contribution in [3.05, 3.63) is 59.7 Å². The van der Waals surface area contributed by atoms with E-state index in [0.717, 1.165) is 28.7 Å². The number of carboxylic acids is 1. The highest BCUT2D eigenvalue weighted by Crippen LogP contribution is 2.44. The van der Waals surface area contributed by atoms with Gasteiger partial charge in [-0.3, -0.25) is 9.59 Å². The van der Waals surface area contributed by atoms with Gasteiger partial charge in [-0.2, -0.15) is 0 Å². The maximum Gasteiger partial charge on any atom is 0.407 e. The van der Waals surface area contributed by atoms with E-state index in [1.54, 1.807) is 0 Å². The number of amides is 2. The first-order valence-electron chi connectivity index (χ1n) is 12.0. The molecule has 2 aromatic rings. The normalized spacial score (nSPS) is 19.7. The fourth-order valence-corrected chi connectivity index (χ4v) is 5.33. The van der Waals surface area contributed by atoms with Crippen LogP contribution in [-0.4, -0.2) is 67.4 Å². The molecule has 1 aliphatic carbocycles. The van der Waals surface area contributed by atoms with Crippen molar-refractivity contribution in [2.45, 2.75) is 38.2 Å². The van der Waals surface area contributed by atoms with Gasteiger partial charge in [-0.15, -0.1) is 0 Å². The second-order valence-electron chi connectivity index (χ2n) is 9.28. The van der Waals surface area contributed by atoms with Crippen molar-refractivity contribution in [3.63, 3.8) is 0 Å². The number of hydrogen-bond donors (Lipinski definition) is 2. The zero-order chi connectivity index (χ0) is 25.0. The molecule has 8 heteroatoms. The van der Waals surface area contributed by atoms with Crippen LogP contribution in [0.1, 0.15) is 43.2 Å². The first-order chi connectivity index (χ1) is 16.9. The molecule has 0 spiro atoms. The summed E-state index contributed by atoms with van der Waals surface area (Å²) in [6.07, 6.45) is 0.112. The van der Waals surface area contributed by atoms with E-state index in [4.69, 9.17) is 9.47 Å². The summed E-state index contributed by atoms with van der Waals surface area (Å²) in [5.74, 6) is -1.26. The Bertz CT molecular complexity index is 1060. The van der Waals surface area contributed by atoms with Gasteiger partial charge in [0.1, 0.15) is 6.61 Å². The molecular formula is C27H32N2O6. The van der Waals surface area contributed by atoms with Gasteiger partial charge >= 0.3 is 12.1 Å². The van der Waals surface area contributed by atoms with E-state index in [1.165, 1.54) is 12.0 Å². The van der Waals surface area contributed by atoms with Gasteiger partial charge in [0.05, 0.1) is 12.0 Å². The quantitative estimate of drug-likeness (QED) is 0.568. The van der Waals surface area contributed by atoms with Crippen LogP contribution in [0.4, 0.5) is 4.79 Å². The molecule has 0 aromatic heterocycles. The van der Waals surface area contributed by atoms with Gasteiger partial charge in [0, 0.05) is 26.1 Å². The zero-order valence-corrected chi connectivity index (χ0v) is 20.2. The Morgan fingerprint density at radius 1 is 1.11 bits per heavy atom. The number of carbonyl (C=O) groups is 3. The second-order valence-corrected chi connectivity index (χ2v) is 9.28. The predicted octanol–water partition coefficient (Wildman–Crippen LogP) is 3.64. The maximum atomic E-state index is 13.0. The Kier molecular flexibility index (Phi) is 7.40. The van der Waals surface area contributed by atoms with E-state index in [2.05, 4.69) is 17.4 Å². The van der Waals surface area contributed by atoms with Crippen LogP contribution in [0.15, 0.2) is 48.5 Å². The summed E-state index contributed by atoms with van der Waals surface area (Å²) < 4.78 is 10.9. The van der Waals surface area contributed by atoms with Gasteiger partial charge in [-0.1, -0.05) is 61.9 Å². The van der Waals surface area contributed by atoms with Crippen molar-refractivity contribution in [2.24, 2.45) is 5.41 Å². The third-order valence-electron chi connectivity index (χ3n) is 7.18. The van der Waals surface area contributed by atoms with Gasteiger partial charge in [0.25, 0.3) is 5.91 Å². The summed E-state index contributed by atoms with van der Waals surface area (Å²) in [5.41, 5.74) is 3.62. The Labute approximate surface area is 205 Å². The fraction of sp³-hybridized carbons (Fsp3) is 0.444. The smallest absolute Gasteiger partial charge is 0.407 e. The van der Waals surface area contributed by atoms with Gasteiger partial charge in [0.15, 0.2) is 6.10 Å². The van der Waals surface area contributed by atoms with Crippen LogP contribution >= 0.6 is 0 Å². The topological polar surface area (TPSA) is 105 Å². The van der Waals surface area contributed by atoms with Gasteiger partial charge < -0.3 is 24.8 Å². The zero-order valence-electron chi connectivity index (χ0n) is 20.2. The van der Waals surface area contributed by atoms with Crippen molar-refractivity contribution < 1.29 is 29.0 Å². The molecule has 35 heavy (non-hydrogen) atoms. The summed E-state index contributed by atoms with van der Waals surface area (Å²) in [5, 5.41) is 12.3. The van der Waals surface area contributed by atoms with E-state index in [0.29, 0.717) is 19.4 Å². The number of alkyl carbamates (subject to hydrolysis) is 1. The molecule has 2 aromatic carbocycles. The molecule has 1 heterocycles. The number of nitrogens with zero attached hydrogens (tertiary/aromatic N) is 1. The molecule has 2 amide bonds. The average molecular weight is 481 g/mol. The minimum Gasteiger partial charge on any atom is -0.481 e. The minimum atomic E-state index is -0.915. The fourth-order valence-electron chi connectivity index (χ4n) is 5.33. The van der Waals surface area contributed by atoms with Crippen LogP contribution in [-0.2, 0) is 19.1 Å². The number of fused-ring (bicyclic) bond motifs is 3. The van der Waals surface area contributed by atoms with E-state index in [1.807, 2.05) is 43.3 Å². The monoisotopic (exact) mass is 480 g/mol. The van der Waals surface area contributed by atoms with E-state index >= 15 is 0 Å². The summed E-state index contributed by atoms with van der Waals surface area (Å²) in [7, 11) is 1.40. The summed E-state index contributed by atoms with van der Waals surface area (Å²) >= 11 is 0. The maximum absolute atomic E-state index is 13.0. The largest absolute Gasteiger partial charge is 0.481 e. The molecule has 2 N–H and O–H groups in total. The molecule has 0 radical (unpaired) electrons. The molecule has 8 nitrogen and oxygen atoms in total. The van der Waals surface area contributed by atoms with Crippen LogP contribution in [0.25, 0.3) is 11.1 Å². The lowest BCUT2D eigenvalue weighted by molar-refractivity contribution is -0.149. The summed E-state index contributed by atoms with van der Waals surface area (Å²) in [6, 6.07) is 16.2. The highest BCUT2D eigenvalue weighted by molar-refractivity contribution is 5.84. The molecule has 4 rings (SSSR count). The molecule has 1 aliphatic heterocycles. The average Bonchev–Trinajstić information content (AvgIpc) is 3.44. The lowest BCUT2D eigenvalue weighted by Crippen LogP contribution is -2.46. The number of carboxylic acid groups (broad SMARTS) is 1. The van der Waals surface area contributed by atoms with Gasteiger partial charge in [-0.05, 0) is 35.1 Å². The van der Waals surface area contributed by atoms with Crippen molar-refractivity contribution in [2.75, 3.05) is 33.4 Å². The summed E-state index contributed by atoms with van der Waals surface area (Å²) in [6.45, 7) is 2.56. The number of likely N-dealkylation sites (tertiary alicyclic amines) is 1. The number of benzene rings is 2. The minimum absolute atomic E-state index is 0.0553. The molecular weight excluding hydrogens is 448 g/mol. The van der Waals surface area contributed by atoms with Crippen LogP contribution in [0.2, 0.25) is 0 Å². The Hall–Kier alpha value is -3.39. The third kappa shape index (κ3) is 4.89. The first-order valence-corrected chi connectivity index (χ1v) is 12.0. The molecule has 0 bridgehead atoms. The molecule has 1 fully saturated rings. The number of aliphatic carboxylic acids is 1.